The van der Waals surface area contributed by atoms with Crippen LogP contribution < -0.4 is 4.74 Å². The zero-order valence-corrected chi connectivity index (χ0v) is 18.6. The van der Waals surface area contributed by atoms with Gasteiger partial charge in [-0.25, -0.2) is 4.98 Å². The van der Waals surface area contributed by atoms with E-state index in [0.717, 1.165) is 27.7 Å². The topological polar surface area (TPSA) is 61.7 Å². The summed E-state index contributed by atoms with van der Waals surface area (Å²) in [6.07, 6.45) is 1.73. The maximum absolute atomic E-state index is 9.81. The lowest BCUT2D eigenvalue weighted by molar-refractivity contribution is 0.305. The predicted octanol–water partition coefficient (Wildman–Crippen LogP) is 7.13. The highest BCUT2D eigenvalue weighted by Crippen LogP contribution is 2.29. The molecular weight excluding hydrogens is 429 g/mol. The molecule has 1 heterocycles. The summed E-state index contributed by atoms with van der Waals surface area (Å²) in [5.41, 5.74) is 6.06. The fourth-order valence-electron chi connectivity index (χ4n) is 3.26. The SMILES string of the molecule is Cc1cc2nc(/C(C#N)=C/c3cc(Cl)ccc3OCc3cccc(Cl)c3)[nH]c2cc1C. The molecule has 0 fully saturated rings. The molecule has 0 aliphatic heterocycles. The number of nitrogens with zero attached hydrogens (tertiary/aromatic N) is 2. The van der Waals surface area contributed by atoms with Gasteiger partial charge in [-0.15, -0.1) is 0 Å². The molecule has 4 nitrogen and oxygen atoms in total. The van der Waals surface area contributed by atoms with Gasteiger partial charge in [0.15, 0.2) is 0 Å². The number of hydrogen-bond donors (Lipinski definition) is 1. The largest absolute Gasteiger partial charge is 0.488 e. The van der Waals surface area contributed by atoms with Crippen LogP contribution in [0.1, 0.15) is 28.1 Å². The van der Waals surface area contributed by atoms with E-state index in [4.69, 9.17) is 27.9 Å². The van der Waals surface area contributed by atoms with E-state index in [1.165, 1.54) is 0 Å². The van der Waals surface area contributed by atoms with Crippen LogP contribution in [0.25, 0.3) is 22.7 Å². The van der Waals surface area contributed by atoms with Crippen LogP contribution in [0.2, 0.25) is 10.0 Å². The lowest BCUT2D eigenvalue weighted by atomic mass is 10.1. The monoisotopic (exact) mass is 447 g/mol. The number of nitrogens with one attached hydrogen (secondary N) is 1. The maximum atomic E-state index is 9.81. The van der Waals surface area contributed by atoms with Gasteiger partial charge in [0.1, 0.15) is 24.3 Å². The number of halogens is 2. The van der Waals surface area contributed by atoms with E-state index in [9.17, 15) is 5.26 Å². The van der Waals surface area contributed by atoms with Crippen LogP contribution in [0.15, 0.2) is 54.6 Å². The van der Waals surface area contributed by atoms with E-state index in [0.29, 0.717) is 39.4 Å². The van der Waals surface area contributed by atoms with E-state index in [-0.39, 0.29) is 0 Å². The highest BCUT2D eigenvalue weighted by molar-refractivity contribution is 6.31. The molecule has 3 aromatic carbocycles. The van der Waals surface area contributed by atoms with Gasteiger partial charge in [0.05, 0.1) is 16.6 Å². The summed E-state index contributed by atoms with van der Waals surface area (Å²) >= 11 is 12.3. The highest BCUT2D eigenvalue weighted by atomic mass is 35.5. The van der Waals surface area contributed by atoms with E-state index in [1.807, 2.05) is 50.2 Å². The highest BCUT2D eigenvalue weighted by Gasteiger charge is 2.12. The molecule has 0 aliphatic rings. The van der Waals surface area contributed by atoms with E-state index < -0.39 is 0 Å². The number of aryl methyl sites for hydroxylation is 2. The molecule has 0 amide bonds. The molecule has 6 heteroatoms. The van der Waals surface area contributed by atoms with Gasteiger partial charge in [0, 0.05) is 15.6 Å². The first kappa shape index (κ1) is 21.0. The molecular formula is C25H19Cl2N3O. The van der Waals surface area contributed by atoms with Gasteiger partial charge >= 0.3 is 0 Å². The van der Waals surface area contributed by atoms with Gasteiger partial charge < -0.3 is 9.72 Å². The molecule has 4 aromatic rings. The van der Waals surface area contributed by atoms with Gasteiger partial charge in [-0.1, -0.05) is 35.3 Å². The minimum atomic E-state index is 0.341. The number of allylic oxidation sites excluding steroid dienone is 1. The van der Waals surface area contributed by atoms with Gasteiger partial charge in [0.2, 0.25) is 0 Å². The van der Waals surface area contributed by atoms with E-state index >= 15 is 0 Å². The maximum Gasteiger partial charge on any atom is 0.149 e. The fourth-order valence-corrected chi connectivity index (χ4v) is 3.65. The lowest BCUT2D eigenvalue weighted by Gasteiger charge is -2.10. The summed E-state index contributed by atoms with van der Waals surface area (Å²) < 4.78 is 6.00. The second kappa shape index (κ2) is 8.85. The second-order valence-electron chi connectivity index (χ2n) is 7.31. The quantitative estimate of drug-likeness (QED) is 0.331. The first-order valence-electron chi connectivity index (χ1n) is 9.69. The van der Waals surface area contributed by atoms with Crippen molar-refractivity contribution in [3.8, 4) is 11.8 Å². The van der Waals surface area contributed by atoms with Crippen molar-refractivity contribution in [3.05, 3.63) is 92.7 Å². The van der Waals surface area contributed by atoms with Gasteiger partial charge in [0.25, 0.3) is 0 Å². The number of aromatic nitrogens is 2. The Kier molecular flexibility index (Phi) is 5.99. The lowest BCUT2D eigenvalue weighted by Crippen LogP contribution is -1.97. The van der Waals surface area contributed by atoms with Crippen LogP contribution >= 0.6 is 23.2 Å². The number of aromatic amines is 1. The summed E-state index contributed by atoms with van der Waals surface area (Å²) in [4.78, 5) is 7.85. The Morgan fingerprint density at radius 2 is 1.84 bits per heavy atom. The average molecular weight is 448 g/mol. The third-order valence-corrected chi connectivity index (χ3v) is 5.50. The molecule has 154 valence electrons. The first-order valence-corrected chi connectivity index (χ1v) is 10.4. The molecule has 0 bridgehead atoms. The summed E-state index contributed by atoms with van der Waals surface area (Å²) in [7, 11) is 0. The van der Waals surface area contributed by atoms with Crippen LogP contribution in [0, 0.1) is 25.2 Å². The normalized spacial score (nSPS) is 11.5. The predicted molar refractivity (Wildman–Crippen MR) is 126 cm³/mol. The van der Waals surface area contributed by atoms with Crippen molar-refractivity contribution in [1.82, 2.24) is 9.97 Å². The molecule has 1 N–H and O–H groups in total. The Bertz CT molecular complexity index is 1310. The molecule has 0 unspecified atom stereocenters. The molecule has 0 saturated carbocycles. The van der Waals surface area contributed by atoms with E-state index in [1.54, 1.807) is 24.3 Å². The molecule has 31 heavy (non-hydrogen) atoms. The number of rotatable bonds is 5. The molecule has 0 atom stereocenters. The van der Waals surface area contributed by atoms with Crippen molar-refractivity contribution in [2.45, 2.75) is 20.5 Å². The van der Waals surface area contributed by atoms with Crippen molar-refractivity contribution in [1.29, 1.82) is 5.26 Å². The van der Waals surface area contributed by atoms with Gasteiger partial charge in [-0.05, 0) is 79.1 Å². The van der Waals surface area contributed by atoms with Crippen LogP contribution in [0.3, 0.4) is 0 Å². The Morgan fingerprint density at radius 1 is 1.06 bits per heavy atom. The smallest absolute Gasteiger partial charge is 0.149 e. The third-order valence-electron chi connectivity index (χ3n) is 5.03. The molecule has 4 rings (SSSR count). The van der Waals surface area contributed by atoms with Crippen molar-refractivity contribution in [2.24, 2.45) is 0 Å². The fraction of sp³-hybridized carbons (Fsp3) is 0.120. The summed E-state index contributed by atoms with van der Waals surface area (Å²) in [6, 6.07) is 19.1. The zero-order chi connectivity index (χ0) is 22.0. The summed E-state index contributed by atoms with van der Waals surface area (Å²) in [5.74, 6) is 1.11. The number of nitriles is 1. The van der Waals surface area contributed by atoms with Crippen molar-refractivity contribution >= 4 is 45.9 Å². The molecule has 0 radical (unpaired) electrons. The number of fused-ring (bicyclic) bond motifs is 1. The van der Waals surface area contributed by atoms with Crippen LogP contribution in [-0.2, 0) is 6.61 Å². The van der Waals surface area contributed by atoms with Gasteiger partial charge in [-0.3, -0.25) is 0 Å². The standard InChI is InChI=1S/C25H19Cl2N3O/c1-15-8-22-23(9-16(15)2)30-25(29-22)19(13-28)11-18-12-21(27)6-7-24(18)31-14-17-4-3-5-20(26)10-17/h3-12H,14H2,1-2H3,(H,29,30)/b19-11+. The molecule has 0 saturated heterocycles. The molecule has 1 aromatic heterocycles. The minimum absolute atomic E-state index is 0.341. The third kappa shape index (κ3) is 4.74. The number of hydrogen-bond acceptors (Lipinski definition) is 3. The number of H-pyrrole nitrogens is 1. The Balaban J connectivity index is 1.69. The summed E-state index contributed by atoms with van der Waals surface area (Å²) in [5, 5.41) is 11.0. The minimum Gasteiger partial charge on any atom is -0.488 e. The van der Waals surface area contributed by atoms with Gasteiger partial charge in [-0.2, -0.15) is 5.26 Å². The zero-order valence-electron chi connectivity index (χ0n) is 17.0. The Hall–Kier alpha value is -3.26. The Labute approximate surface area is 190 Å². The first-order chi connectivity index (χ1) is 14.9. The average Bonchev–Trinajstić information content (AvgIpc) is 3.14. The molecule has 0 spiro atoms. The van der Waals surface area contributed by atoms with Crippen molar-refractivity contribution in [3.63, 3.8) is 0 Å². The summed E-state index contributed by atoms with van der Waals surface area (Å²) in [6.45, 7) is 4.43. The number of benzene rings is 3. The van der Waals surface area contributed by atoms with Crippen molar-refractivity contribution in [2.75, 3.05) is 0 Å². The van der Waals surface area contributed by atoms with Crippen molar-refractivity contribution < 1.29 is 4.74 Å². The number of imidazole rings is 1. The van der Waals surface area contributed by atoms with E-state index in [2.05, 4.69) is 16.0 Å². The second-order valence-corrected chi connectivity index (χ2v) is 8.18. The van der Waals surface area contributed by atoms with Crippen LogP contribution in [0.4, 0.5) is 0 Å². The van der Waals surface area contributed by atoms with Crippen LogP contribution in [-0.4, -0.2) is 9.97 Å². The Morgan fingerprint density at radius 3 is 2.61 bits per heavy atom. The number of ether oxygens (including phenoxy) is 1. The molecule has 0 aliphatic carbocycles. The van der Waals surface area contributed by atoms with Crippen LogP contribution in [0.5, 0.6) is 5.75 Å².